The third-order valence-corrected chi connectivity index (χ3v) is 3.26. The van der Waals surface area contributed by atoms with Gasteiger partial charge in [-0.1, -0.05) is 15.9 Å². The van der Waals surface area contributed by atoms with Crippen LogP contribution in [-0.4, -0.2) is 30.4 Å². The molecule has 15 heavy (non-hydrogen) atoms. The van der Waals surface area contributed by atoms with Gasteiger partial charge in [-0.2, -0.15) is 0 Å². The zero-order chi connectivity index (χ0) is 11.1. The lowest BCUT2D eigenvalue weighted by atomic mass is 9.88. The molecule has 0 spiro atoms. The molecule has 0 atom stereocenters. The fourth-order valence-corrected chi connectivity index (χ4v) is 2.32. The molecular formula is C10H12BrNO3. The highest BCUT2D eigenvalue weighted by molar-refractivity contribution is 9.10. The van der Waals surface area contributed by atoms with E-state index in [4.69, 9.17) is 4.74 Å². The van der Waals surface area contributed by atoms with Gasteiger partial charge in [-0.3, -0.25) is 0 Å². The Kier molecular flexibility index (Phi) is 2.62. The van der Waals surface area contributed by atoms with Gasteiger partial charge in [0.2, 0.25) is 0 Å². The third kappa shape index (κ3) is 1.71. The second-order valence-electron chi connectivity index (χ2n) is 3.64. The average Bonchev–Trinajstić information content (AvgIpc) is 2.15. The first-order valence-electron chi connectivity index (χ1n) is 4.57. The van der Waals surface area contributed by atoms with E-state index < -0.39 is 5.60 Å². The van der Waals surface area contributed by atoms with Gasteiger partial charge in [0.05, 0.1) is 7.11 Å². The van der Waals surface area contributed by atoms with E-state index in [0.717, 1.165) is 5.56 Å². The van der Waals surface area contributed by atoms with Crippen LogP contribution in [0.2, 0.25) is 0 Å². The number of benzene rings is 1. The largest absolute Gasteiger partial charge is 0.504 e. The van der Waals surface area contributed by atoms with Crippen molar-refractivity contribution in [2.45, 2.75) is 5.60 Å². The van der Waals surface area contributed by atoms with Gasteiger partial charge in [0.25, 0.3) is 0 Å². The van der Waals surface area contributed by atoms with Crippen molar-refractivity contribution in [1.82, 2.24) is 5.32 Å². The third-order valence-electron chi connectivity index (χ3n) is 2.60. The molecule has 1 aromatic rings. The summed E-state index contributed by atoms with van der Waals surface area (Å²) < 4.78 is 5.69. The first-order valence-corrected chi connectivity index (χ1v) is 5.36. The molecule has 82 valence electrons. The number of methoxy groups -OCH3 is 1. The summed E-state index contributed by atoms with van der Waals surface area (Å²) in [6.45, 7) is 1.03. The van der Waals surface area contributed by atoms with Crippen LogP contribution in [0.1, 0.15) is 5.56 Å². The van der Waals surface area contributed by atoms with Gasteiger partial charge in [-0.25, -0.2) is 0 Å². The SMILES string of the molecule is COc1cc(C2(O)CNC2)c(Br)cc1O. The normalized spacial score (nSPS) is 18.3. The van der Waals surface area contributed by atoms with E-state index in [0.29, 0.717) is 23.3 Å². The molecule has 0 saturated carbocycles. The Hall–Kier alpha value is -0.780. The maximum Gasteiger partial charge on any atom is 0.160 e. The fourth-order valence-electron chi connectivity index (χ4n) is 1.62. The number of β-amino-alcohol motifs (C(OH)–C–C–N with tert-alkyl or cyclic N) is 1. The zero-order valence-corrected chi connectivity index (χ0v) is 9.84. The minimum atomic E-state index is -0.861. The number of phenolic OH excluding ortho intramolecular Hbond substituents is 1. The van der Waals surface area contributed by atoms with E-state index in [2.05, 4.69) is 21.2 Å². The van der Waals surface area contributed by atoms with Crippen LogP contribution in [0.3, 0.4) is 0 Å². The highest BCUT2D eigenvalue weighted by atomic mass is 79.9. The second-order valence-corrected chi connectivity index (χ2v) is 4.49. The molecule has 5 heteroatoms. The number of ether oxygens (including phenoxy) is 1. The Bertz CT molecular complexity index is 390. The summed E-state index contributed by atoms with van der Waals surface area (Å²) >= 11 is 3.32. The van der Waals surface area contributed by atoms with Crippen molar-refractivity contribution in [2.24, 2.45) is 0 Å². The van der Waals surface area contributed by atoms with Gasteiger partial charge >= 0.3 is 0 Å². The van der Waals surface area contributed by atoms with Crippen LogP contribution in [0.4, 0.5) is 0 Å². The molecule has 0 unspecified atom stereocenters. The summed E-state index contributed by atoms with van der Waals surface area (Å²) in [6, 6.07) is 3.19. The maximum atomic E-state index is 10.1. The van der Waals surface area contributed by atoms with Crippen LogP contribution in [0.25, 0.3) is 0 Å². The van der Waals surface area contributed by atoms with E-state index >= 15 is 0 Å². The van der Waals surface area contributed by atoms with Crippen LogP contribution in [-0.2, 0) is 5.60 Å². The van der Waals surface area contributed by atoms with Crippen LogP contribution in [0.15, 0.2) is 16.6 Å². The van der Waals surface area contributed by atoms with E-state index in [1.165, 1.54) is 13.2 Å². The van der Waals surface area contributed by atoms with Gasteiger partial charge in [0.15, 0.2) is 11.5 Å². The number of hydrogen-bond donors (Lipinski definition) is 3. The lowest BCUT2D eigenvalue weighted by molar-refractivity contribution is -0.0154. The number of phenols is 1. The van der Waals surface area contributed by atoms with E-state index in [9.17, 15) is 10.2 Å². The zero-order valence-electron chi connectivity index (χ0n) is 8.25. The highest BCUT2D eigenvalue weighted by Gasteiger charge is 2.38. The quantitative estimate of drug-likeness (QED) is 0.751. The van der Waals surface area contributed by atoms with Gasteiger partial charge in [-0.15, -0.1) is 0 Å². The minimum absolute atomic E-state index is 0.0593. The van der Waals surface area contributed by atoms with Crippen molar-refractivity contribution in [3.05, 3.63) is 22.2 Å². The molecule has 0 aromatic heterocycles. The molecule has 1 aliphatic rings. The molecule has 0 radical (unpaired) electrons. The lowest BCUT2D eigenvalue weighted by Gasteiger charge is -2.38. The predicted octanol–water partition coefficient (Wildman–Crippen LogP) is 0.954. The van der Waals surface area contributed by atoms with Crippen molar-refractivity contribution in [3.63, 3.8) is 0 Å². The Labute approximate surface area is 96.0 Å². The molecule has 4 nitrogen and oxygen atoms in total. The summed E-state index contributed by atoms with van der Waals surface area (Å²) in [6.07, 6.45) is 0. The Morgan fingerprint density at radius 2 is 2.13 bits per heavy atom. The summed E-state index contributed by atoms with van der Waals surface area (Å²) in [4.78, 5) is 0. The average molecular weight is 274 g/mol. The molecule has 3 N–H and O–H groups in total. The molecule has 0 bridgehead atoms. The van der Waals surface area contributed by atoms with Gasteiger partial charge in [-0.05, 0) is 12.1 Å². The summed E-state index contributed by atoms with van der Waals surface area (Å²) in [5.41, 5.74) is -0.129. The number of halogens is 1. The van der Waals surface area contributed by atoms with Gasteiger partial charge in [0.1, 0.15) is 5.60 Å². The topological polar surface area (TPSA) is 61.7 Å². The maximum absolute atomic E-state index is 10.1. The van der Waals surface area contributed by atoms with E-state index in [1.807, 2.05) is 0 Å². The first-order chi connectivity index (χ1) is 7.07. The molecule has 1 fully saturated rings. The number of rotatable bonds is 2. The van der Waals surface area contributed by atoms with Gasteiger partial charge < -0.3 is 20.3 Å². The Morgan fingerprint density at radius 1 is 1.47 bits per heavy atom. The predicted molar refractivity (Wildman–Crippen MR) is 59.1 cm³/mol. The molecule has 0 aliphatic carbocycles. The van der Waals surface area contributed by atoms with Crippen LogP contribution in [0.5, 0.6) is 11.5 Å². The minimum Gasteiger partial charge on any atom is -0.504 e. The van der Waals surface area contributed by atoms with Crippen LogP contribution in [0, 0.1) is 0 Å². The van der Waals surface area contributed by atoms with Crippen molar-refractivity contribution in [1.29, 1.82) is 0 Å². The van der Waals surface area contributed by atoms with Crippen molar-refractivity contribution in [3.8, 4) is 11.5 Å². The standard InChI is InChI=1S/C10H12BrNO3/c1-15-9-2-6(7(11)3-8(9)13)10(14)4-12-5-10/h2-3,12-14H,4-5H2,1H3. The number of aromatic hydroxyl groups is 1. The first kappa shape index (κ1) is 10.7. The second kappa shape index (κ2) is 3.66. The molecular weight excluding hydrogens is 262 g/mol. The van der Waals surface area contributed by atoms with Crippen molar-refractivity contribution < 1.29 is 14.9 Å². The van der Waals surface area contributed by atoms with Crippen LogP contribution >= 0.6 is 15.9 Å². The van der Waals surface area contributed by atoms with E-state index in [1.54, 1.807) is 6.07 Å². The molecule has 2 rings (SSSR count). The molecule has 1 saturated heterocycles. The summed E-state index contributed by atoms with van der Waals surface area (Å²) in [5.74, 6) is 0.428. The smallest absolute Gasteiger partial charge is 0.160 e. The summed E-state index contributed by atoms with van der Waals surface area (Å²) in [5, 5.41) is 22.7. The Balaban J connectivity index is 2.47. The molecule has 1 aromatic carbocycles. The highest BCUT2D eigenvalue weighted by Crippen LogP contribution is 2.38. The monoisotopic (exact) mass is 273 g/mol. The molecule has 1 aliphatic heterocycles. The number of nitrogens with one attached hydrogen (secondary N) is 1. The fraction of sp³-hybridized carbons (Fsp3) is 0.400. The van der Waals surface area contributed by atoms with Gasteiger partial charge in [0, 0.05) is 23.1 Å². The number of aliphatic hydroxyl groups is 1. The van der Waals surface area contributed by atoms with E-state index in [-0.39, 0.29) is 5.75 Å². The molecule has 0 amide bonds. The molecule has 1 heterocycles. The lowest BCUT2D eigenvalue weighted by Crippen LogP contribution is -2.56. The Morgan fingerprint density at radius 3 is 2.60 bits per heavy atom. The van der Waals surface area contributed by atoms with Crippen molar-refractivity contribution in [2.75, 3.05) is 20.2 Å². The summed E-state index contributed by atoms with van der Waals surface area (Å²) in [7, 11) is 1.48. The van der Waals surface area contributed by atoms with Crippen molar-refractivity contribution >= 4 is 15.9 Å². The van der Waals surface area contributed by atoms with Crippen LogP contribution < -0.4 is 10.1 Å². The number of hydrogen-bond acceptors (Lipinski definition) is 4.